The lowest BCUT2D eigenvalue weighted by atomic mass is 10.3. The third-order valence-electron chi connectivity index (χ3n) is 6.09. The molecule has 0 radical (unpaired) electrons. The average Bonchev–Trinajstić information content (AvgIpc) is 3.13. The van der Waals surface area contributed by atoms with Gasteiger partial charge >= 0.3 is 5.97 Å². The van der Waals surface area contributed by atoms with E-state index in [2.05, 4.69) is 4.74 Å². The van der Waals surface area contributed by atoms with Gasteiger partial charge in [0.15, 0.2) is 11.6 Å². The Hall–Kier alpha value is -2.11. The summed E-state index contributed by atoms with van der Waals surface area (Å²) in [4.78, 5) is 11.7. The van der Waals surface area contributed by atoms with Crippen LogP contribution < -0.4 is 10.5 Å². The van der Waals surface area contributed by atoms with Gasteiger partial charge in [0, 0.05) is 12.6 Å². The quantitative estimate of drug-likeness (QED) is 0.0339. The number of esters is 1. The summed E-state index contributed by atoms with van der Waals surface area (Å²) in [6.45, 7) is 10.2. The smallest absolute Gasteiger partial charge is 0.313 e. The van der Waals surface area contributed by atoms with Gasteiger partial charge < -0.3 is 67.3 Å². The normalized spacial score (nSPS) is 11.5. The molecule has 0 fully saturated rings. The standard InChI is InChI=1S/C33H55F4NO14/c34-28-27-29(35)32(37)33(31(28)36)52-30(39)1-3-40-5-7-42-9-11-44-13-15-46-17-19-48-21-23-50-25-26-51-24-22-49-20-18-47-16-14-45-12-10-43-8-6-41-4-2-38/h27H,1-26,38H2. The molecule has 0 aliphatic heterocycles. The summed E-state index contributed by atoms with van der Waals surface area (Å²) in [6.07, 6.45) is -0.394. The lowest BCUT2D eigenvalue weighted by molar-refractivity contribution is -0.136. The second kappa shape index (κ2) is 35.9. The Morgan fingerprint density at radius 3 is 0.885 bits per heavy atom. The Morgan fingerprint density at radius 1 is 0.404 bits per heavy atom. The van der Waals surface area contributed by atoms with Crippen molar-refractivity contribution in [2.75, 3.05) is 165 Å². The Bertz CT molecular complexity index is 963. The van der Waals surface area contributed by atoms with Crippen molar-refractivity contribution in [3.05, 3.63) is 29.3 Å². The molecule has 0 amide bonds. The number of nitrogens with two attached hydrogens (primary N) is 1. The van der Waals surface area contributed by atoms with Crippen molar-refractivity contribution in [3.8, 4) is 5.75 Å². The zero-order valence-electron chi connectivity index (χ0n) is 29.8. The summed E-state index contributed by atoms with van der Waals surface area (Å²) in [5, 5.41) is 0. The number of benzene rings is 1. The van der Waals surface area contributed by atoms with E-state index in [1.807, 2.05) is 0 Å². The minimum atomic E-state index is -1.79. The van der Waals surface area contributed by atoms with Crippen molar-refractivity contribution >= 4 is 5.97 Å². The maximum absolute atomic E-state index is 13.5. The lowest BCUT2D eigenvalue weighted by Gasteiger charge is -2.09. The summed E-state index contributed by atoms with van der Waals surface area (Å²) < 4.78 is 122. The van der Waals surface area contributed by atoms with Gasteiger partial charge in [0.05, 0.1) is 165 Å². The molecule has 2 N–H and O–H groups in total. The molecule has 0 atom stereocenters. The predicted molar refractivity (Wildman–Crippen MR) is 175 cm³/mol. The fraction of sp³-hybridized carbons (Fsp3) is 0.788. The Morgan fingerprint density at radius 2 is 0.635 bits per heavy atom. The fourth-order valence-electron chi connectivity index (χ4n) is 3.57. The van der Waals surface area contributed by atoms with Crippen LogP contribution in [-0.4, -0.2) is 171 Å². The van der Waals surface area contributed by atoms with E-state index < -0.39 is 41.4 Å². The van der Waals surface area contributed by atoms with Crippen LogP contribution in [0.3, 0.4) is 0 Å². The van der Waals surface area contributed by atoms with E-state index in [-0.39, 0.29) is 25.9 Å². The van der Waals surface area contributed by atoms with Gasteiger partial charge in [0.25, 0.3) is 0 Å². The van der Waals surface area contributed by atoms with Crippen LogP contribution in [0.15, 0.2) is 6.07 Å². The molecule has 0 aliphatic rings. The third-order valence-corrected chi connectivity index (χ3v) is 6.09. The highest BCUT2D eigenvalue weighted by molar-refractivity contribution is 5.72. The number of carbonyl (C=O) groups is 1. The molecule has 0 aromatic heterocycles. The second-order valence-electron chi connectivity index (χ2n) is 10.2. The minimum Gasteiger partial charge on any atom is -0.420 e. The van der Waals surface area contributed by atoms with E-state index in [1.54, 1.807) is 0 Å². The van der Waals surface area contributed by atoms with Crippen LogP contribution in [0.4, 0.5) is 17.6 Å². The third kappa shape index (κ3) is 28.4. The first kappa shape index (κ1) is 47.9. The number of ether oxygens (including phenoxy) is 13. The van der Waals surface area contributed by atoms with Crippen LogP contribution >= 0.6 is 0 Å². The highest BCUT2D eigenvalue weighted by atomic mass is 19.2. The molecule has 52 heavy (non-hydrogen) atoms. The number of rotatable bonds is 39. The monoisotopic (exact) mass is 765 g/mol. The van der Waals surface area contributed by atoms with Gasteiger partial charge in [-0.15, -0.1) is 0 Å². The van der Waals surface area contributed by atoms with Crippen LogP contribution in [0.2, 0.25) is 0 Å². The summed E-state index contributed by atoms with van der Waals surface area (Å²) in [7, 11) is 0. The summed E-state index contributed by atoms with van der Waals surface area (Å²) in [5.74, 6) is -9.49. The van der Waals surface area contributed by atoms with Gasteiger partial charge in [-0.25, -0.2) is 8.78 Å². The summed E-state index contributed by atoms with van der Waals surface area (Å²) in [6, 6.07) is 0.0176. The number of carbonyl (C=O) groups excluding carboxylic acids is 1. The van der Waals surface area contributed by atoms with E-state index in [1.165, 1.54) is 0 Å². The van der Waals surface area contributed by atoms with Crippen LogP contribution in [0.25, 0.3) is 0 Å². The van der Waals surface area contributed by atoms with E-state index in [0.717, 1.165) is 0 Å². The average molecular weight is 766 g/mol. The molecular formula is C33H55F4NO14. The lowest BCUT2D eigenvalue weighted by Crippen LogP contribution is -2.16. The highest BCUT2D eigenvalue weighted by Crippen LogP contribution is 2.26. The van der Waals surface area contributed by atoms with Gasteiger partial charge in [-0.2, -0.15) is 8.78 Å². The van der Waals surface area contributed by atoms with Crippen LogP contribution in [-0.2, 0) is 61.6 Å². The van der Waals surface area contributed by atoms with Crippen LogP contribution in [0.1, 0.15) is 6.42 Å². The molecule has 1 aromatic rings. The fourth-order valence-corrected chi connectivity index (χ4v) is 3.57. The molecule has 19 heteroatoms. The first-order chi connectivity index (χ1) is 25.5. The van der Waals surface area contributed by atoms with E-state index in [4.69, 9.17) is 62.6 Å². The largest absolute Gasteiger partial charge is 0.420 e. The maximum Gasteiger partial charge on any atom is 0.313 e. The van der Waals surface area contributed by atoms with Crippen molar-refractivity contribution < 1.29 is 83.9 Å². The van der Waals surface area contributed by atoms with Crippen LogP contribution in [0.5, 0.6) is 5.75 Å². The molecule has 304 valence electrons. The SMILES string of the molecule is NCCOCCOCCOCCOCCOCCOCCOCCOCCOCCOCCOCCOCCC(=O)Oc1c(F)c(F)cc(F)c1F. The van der Waals surface area contributed by atoms with Crippen molar-refractivity contribution in [3.63, 3.8) is 0 Å². The molecule has 1 rings (SSSR count). The predicted octanol–water partition coefficient (Wildman–Crippen LogP) is 1.70. The Kier molecular flexibility index (Phi) is 33.1. The summed E-state index contributed by atoms with van der Waals surface area (Å²) in [5.41, 5.74) is 5.32. The molecule has 0 aliphatic carbocycles. The first-order valence-electron chi connectivity index (χ1n) is 17.1. The second-order valence-corrected chi connectivity index (χ2v) is 10.2. The molecule has 0 unspecified atom stereocenters. The van der Waals surface area contributed by atoms with Gasteiger partial charge in [-0.3, -0.25) is 4.79 Å². The molecule has 15 nitrogen and oxygen atoms in total. The molecular weight excluding hydrogens is 710 g/mol. The van der Waals surface area contributed by atoms with Crippen molar-refractivity contribution in [2.45, 2.75) is 6.42 Å². The number of hydrogen-bond acceptors (Lipinski definition) is 15. The first-order valence-corrected chi connectivity index (χ1v) is 17.1. The maximum atomic E-state index is 13.5. The zero-order chi connectivity index (χ0) is 37.7. The van der Waals surface area contributed by atoms with Gasteiger partial charge in [0.1, 0.15) is 0 Å². The van der Waals surface area contributed by atoms with Gasteiger partial charge in [-0.1, -0.05) is 0 Å². The Labute approximate surface area is 302 Å². The molecule has 0 spiro atoms. The topological polar surface area (TPSA) is 163 Å². The molecule has 0 saturated carbocycles. The van der Waals surface area contributed by atoms with E-state index in [0.29, 0.717) is 145 Å². The number of halogens is 4. The Balaban J connectivity index is 1.70. The highest BCUT2D eigenvalue weighted by Gasteiger charge is 2.22. The molecule has 0 heterocycles. The van der Waals surface area contributed by atoms with Gasteiger partial charge in [-0.05, 0) is 0 Å². The van der Waals surface area contributed by atoms with Crippen molar-refractivity contribution in [1.29, 1.82) is 0 Å². The minimum absolute atomic E-state index is 0.0176. The van der Waals surface area contributed by atoms with Crippen molar-refractivity contribution in [2.24, 2.45) is 5.73 Å². The van der Waals surface area contributed by atoms with Crippen molar-refractivity contribution in [1.82, 2.24) is 0 Å². The molecule has 0 bridgehead atoms. The van der Waals surface area contributed by atoms with E-state index in [9.17, 15) is 22.4 Å². The molecule has 1 aromatic carbocycles. The van der Waals surface area contributed by atoms with E-state index >= 15 is 0 Å². The number of hydrogen-bond donors (Lipinski definition) is 1. The molecule has 0 saturated heterocycles. The van der Waals surface area contributed by atoms with Crippen LogP contribution in [0, 0.1) is 23.3 Å². The summed E-state index contributed by atoms with van der Waals surface area (Å²) >= 11 is 0. The van der Waals surface area contributed by atoms with Gasteiger partial charge in [0.2, 0.25) is 17.4 Å². The zero-order valence-corrected chi connectivity index (χ0v) is 29.8.